The molecule has 0 aliphatic heterocycles. The van der Waals surface area contributed by atoms with Crippen LogP contribution in [0.4, 0.5) is 0 Å². The van der Waals surface area contributed by atoms with E-state index in [-0.39, 0.29) is 0 Å². The van der Waals surface area contributed by atoms with Gasteiger partial charge in [0, 0.05) is 44.4 Å². The van der Waals surface area contributed by atoms with Crippen molar-refractivity contribution in [2.75, 3.05) is 0 Å². The van der Waals surface area contributed by atoms with Crippen LogP contribution in [0.15, 0.2) is 182 Å². The van der Waals surface area contributed by atoms with E-state index in [9.17, 15) is 0 Å². The molecule has 0 saturated heterocycles. The van der Waals surface area contributed by atoms with E-state index < -0.39 is 0 Å². The van der Waals surface area contributed by atoms with Crippen molar-refractivity contribution < 1.29 is 0 Å². The Morgan fingerprint density at radius 3 is 1.56 bits per heavy atom. The van der Waals surface area contributed by atoms with E-state index in [2.05, 4.69) is 175 Å². The molecule has 7 aromatic carbocycles. The Bertz CT molecular complexity index is 3290. The van der Waals surface area contributed by atoms with Gasteiger partial charge in [0.15, 0.2) is 0 Å². The second-order valence-electron chi connectivity index (χ2n) is 13.9. The van der Waals surface area contributed by atoms with E-state index in [1.54, 1.807) is 0 Å². The van der Waals surface area contributed by atoms with E-state index in [1.807, 2.05) is 12.3 Å². The van der Waals surface area contributed by atoms with E-state index in [4.69, 9.17) is 15.0 Å². The van der Waals surface area contributed by atoms with Crippen LogP contribution in [0, 0.1) is 0 Å². The average Bonchev–Trinajstić information content (AvgIpc) is 3.24. The molecule has 0 bridgehead atoms. The van der Waals surface area contributed by atoms with Gasteiger partial charge in [-0.25, -0.2) is 15.0 Å². The van der Waals surface area contributed by atoms with Crippen molar-refractivity contribution in [3.05, 3.63) is 182 Å². The number of hydrogen-bond donors (Lipinski definition) is 0. The van der Waals surface area contributed by atoms with Crippen molar-refractivity contribution in [2.45, 2.75) is 0 Å². The third-order valence-corrected chi connectivity index (χ3v) is 10.6. The molecule has 0 spiro atoms. The summed E-state index contributed by atoms with van der Waals surface area (Å²) < 4.78 is 0. The van der Waals surface area contributed by atoms with Crippen LogP contribution in [0.25, 0.3) is 110 Å². The molecule has 0 amide bonds. The van der Waals surface area contributed by atoms with Gasteiger partial charge in [-0.05, 0) is 81.2 Å². The molecule has 250 valence electrons. The first-order valence-corrected chi connectivity index (χ1v) is 18.2. The van der Waals surface area contributed by atoms with Crippen molar-refractivity contribution in [3.8, 4) is 44.9 Å². The normalized spacial score (nSPS) is 11.7. The molecule has 0 atom stereocenters. The van der Waals surface area contributed by atoms with Crippen molar-refractivity contribution >= 4 is 65.2 Å². The second kappa shape index (κ2) is 12.1. The molecule has 0 radical (unpaired) electrons. The van der Waals surface area contributed by atoms with Gasteiger partial charge < -0.3 is 0 Å². The van der Waals surface area contributed by atoms with Crippen LogP contribution in [0.2, 0.25) is 0 Å². The molecule has 0 aliphatic carbocycles. The zero-order valence-electron chi connectivity index (χ0n) is 29.1. The van der Waals surface area contributed by atoms with E-state index in [0.717, 1.165) is 99.3 Å². The first-order chi connectivity index (χ1) is 26.7. The summed E-state index contributed by atoms with van der Waals surface area (Å²) in [5, 5.41) is 9.15. The van der Waals surface area contributed by atoms with Crippen LogP contribution in [0.3, 0.4) is 0 Å². The van der Waals surface area contributed by atoms with Gasteiger partial charge in [-0.3, -0.25) is 4.98 Å². The molecule has 4 aromatic heterocycles. The lowest BCUT2D eigenvalue weighted by molar-refractivity contribution is 1.37. The summed E-state index contributed by atoms with van der Waals surface area (Å²) in [6.07, 6.45) is 1.83. The van der Waals surface area contributed by atoms with Crippen LogP contribution in [-0.2, 0) is 0 Å². The summed E-state index contributed by atoms with van der Waals surface area (Å²) in [6, 6.07) is 62.2. The highest BCUT2D eigenvalue weighted by Gasteiger charge is 2.11. The number of benzene rings is 7. The number of rotatable bonds is 4. The van der Waals surface area contributed by atoms with Gasteiger partial charge in [-0.15, -0.1) is 0 Å². The van der Waals surface area contributed by atoms with E-state index in [1.165, 1.54) is 10.8 Å². The smallest absolute Gasteiger partial charge is 0.0972 e. The summed E-state index contributed by atoms with van der Waals surface area (Å²) in [6.45, 7) is 0. The second-order valence-corrected chi connectivity index (χ2v) is 13.9. The third kappa shape index (κ3) is 5.15. The van der Waals surface area contributed by atoms with Crippen molar-refractivity contribution in [1.29, 1.82) is 0 Å². The summed E-state index contributed by atoms with van der Waals surface area (Å²) >= 11 is 0. The van der Waals surface area contributed by atoms with E-state index in [0.29, 0.717) is 0 Å². The van der Waals surface area contributed by atoms with Crippen LogP contribution >= 0.6 is 0 Å². The largest absolute Gasteiger partial charge is 0.254 e. The Labute approximate surface area is 311 Å². The van der Waals surface area contributed by atoms with Gasteiger partial charge in [0.2, 0.25) is 0 Å². The summed E-state index contributed by atoms with van der Waals surface area (Å²) in [5.41, 5.74) is 12.2. The fraction of sp³-hybridized carbons (Fsp3) is 0. The van der Waals surface area contributed by atoms with E-state index >= 15 is 0 Å². The first-order valence-electron chi connectivity index (χ1n) is 18.2. The van der Waals surface area contributed by atoms with Gasteiger partial charge in [0.25, 0.3) is 0 Å². The minimum absolute atomic E-state index is 0.926. The lowest BCUT2D eigenvalue weighted by Crippen LogP contribution is -1.90. The van der Waals surface area contributed by atoms with Gasteiger partial charge in [-0.2, -0.15) is 0 Å². The zero-order chi connectivity index (χ0) is 35.6. The molecule has 4 heterocycles. The first kappa shape index (κ1) is 30.3. The quantitative estimate of drug-likeness (QED) is 0.173. The topological polar surface area (TPSA) is 51.6 Å². The summed E-state index contributed by atoms with van der Waals surface area (Å²) in [4.78, 5) is 20.0. The number of fused-ring (bicyclic) bond motifs is 7. The predicted octanol–water partition coefficient (Wildman–Crippen LogP) is 12.9. The van der Waals surface area contributed by atoms with Crippen LogP contribution in [0.1, 0.15) is 0 Å². The predicted molar refractivity (Wildman–Crippen MR) is 224 cm³/mol. The minimum Gasteiger partial charge on any atom is -0.254 e. The van der Waals surface area contributed by atoms with Crippen LogP contribution < -0.4 is 0 Å². The monoisotopic (exact) mass is 686 g/mol. The maximum Gasteiger partial charge on any atom is 0.0972 e. The lowest BCUT2D eigenvalue weighted by Gasteiger charge is -2.10. The number of aromatic nitrogens is 4. The molecule has 4 heteroatoms. The van der Waals surface area contributed by atoms with Gasteiger partial charge in [-0.1, -0.05) is 127 Å². The highest BCUT2D eigenvalue weighted by molar-refractivity contribution is 6.04. The number of hydrogen-bond acceptors (Lipinski definition) is 4. The zero-order valence-corrected chi connectivity index (χ0v) is 29.1. The number of nitrogens with zero attached hydrogens (tertiary/aromatic N) is 4. The Morgan fingerprint density at radius 2 is 0.815 bits per heavy atom. The Hall–Kier alpha value is -7.30. The molecular formula is C50H30N4. The number of pyridine rings is 4. The molecule has 11 rings (SSSR count). The lowest BCUT2D eigenvalue weighted by atomic mass is 9.99. The van der Waals surface area contributed by atoms with Crippen molar-refractivity contribution in [3.63, 3.8) is 0 Å². The molecule has 11 aromatic rings. The molecule has 0 unspecified atom stereocenters. The highest BCUT2D eigenvalue weighted by Crippen LogP contribution is 2.33. The fourth-order valence-electron chi connectivity index (χ4n) is 7.80. The van der Waals surface area contributed by atoms with Gasteiger partial charge in [0.1, 0.15) is 0 Å². The fourth-order valence-corrected chi connectivity index (χ4v) is 7.80. The minimum atomic E-state index is 0.926. The Balaban J connectivity index is 0.920. The summed E-state index contributed by atoms with van der Waals surface area (Å²) in [7, 11) is 0. The van der Waals surface area contributed by atoms with Crippen molar-refractivity contribution in [1.82, 2.24) is 19.9 Å². The Morgan fingerprint density at radius 1 is 0.296 bits per heavy atom. The maximum atomic E-state index is 5.17. The summed E-state index contributed by atoms with van der Waals surface area (Å²) in [5.74, 6) is 0. The van der Waals surface area contributed by atoms with Crippen molar-refractivity contribution in [2.24, 2.45) is 0 Å². The maximum absolute atomic E-state index is 5.17. The van der Waals surface area contributed by atoms with Gasteiger partial charge >= 0.3 is 0 Å². The molecule has 0 aliphatic rings. The average molecular weight is 687 g/mol. The van der Waals surface area contributed by atoms with Crippen LogP contribution in [-0.4, -0.2) is 19.9 Å². The standard InChI is InChI=1S/C50H30N4/c1-2-8-42-31(5-1)6-3-9-43(42)46-25-21-33-11-15-39(30-48(33)53-46)38-14-10-32-20-23-44(52-47(32)29-38)40-18-16-37-28-41(19-17-36(37)27-40)45-24-22-35-13-12-34-7-4-26-51-49(34)50(35)54-45/h1-30H. The molecule has 0 saturated carbocycles. The molecular weight excluding hydrogens is 657 g/mol. The molecule has 0 N–H and O–H groups in total. The third-order valence-electron chi connectivity index (χ3n) is 10.6. The molecule has 4 nitrogen and oxygen atoms in total. The SMILES string of the molecule is c1ccc2c(-c3ccc4ccc(-c5ccc6ccc(-c7ccc8cc(-c9ccc%10ccc%11cccnc%11c%10n9)ccc8c7)nc6c5)cc4n3)cccc2c1. The van der Waals surface area contributed by atoms with Gasteiger partial charge in [0.05, 0.1) is 39.1 Å². The van der Waals surface area contributed by atoms with Crippen LogP contribution in [0.5, 0.6) is 0 Å². The Kier molecular flexibility index (Phi) is 6.82. The highest BCUT2D eigenvalue weighted by atomic mass is 14.8. The molecule has 0 fully saturated rings. The molecule has 54 heavy (non-hydrogen) atoms.